The Balaban J connectivity index is 2.23. The number of nitrogens with one attached hydrogen (secondary N) is 1. The lowest BCUT2D eigenvalue weighted by Gasteiger charge is -2.14. The van der Waals surface area contributed by atoms with Crippen molar-refractivity contribution in [1.82, 2.24) is 5.32 Å². The first-order valence-electron chi connectivity index (χ1n) is 7.55. The van der Waals surface area contributed by atoms with Crippen molar-refractivity contribution in [3.8, 4) is 0 Å². The van der Waals surface area contributed by atoms with E-state index in [1.54, 1.807) is 11.8 Å². The van der Waals surface area contributed by atoms with Crippen LogP contribution in [0.2, 0.25) is 0 Å². The number of aliphatic hydroxyl groups is 3. The second kappa shape index (κ2) is 9.64. The highest BCUT2D eigenvalue weighted by molar-refractivity contribution is 7.99. The molecule has 122 valence electrons. The van der Waals surface area contributed by atoms with Gasteiger partial charge >= 0.3 is 0 Å². The van der Waals surface area contributed by atoms with Gasteiger partial charge in [0.2, 0.25) is 0 Å². The number of hydrogen-bond acceptors (Lipinski definition) is 5. The van der Waals surface area contributed by atoms with Crippen LogP contribution >= 0.6 is 11.8 Å². The topological polar surface area (TPSA) is 72.7 Å². The largest absolute Gasteiger partial charge is 0.395 e. The van der Waals surface area contributed by atoms with Gasteiger partial charge in [-0.3, -0.25) is 0 Å². The maximum Gasteiger partial charge on any atom is 0.0989 e. The summed E-state index contributed by atoms with van der Waals surface area (Å²) in [5, 5.41) is 31.8. The highest BCUT2D eigenvalue weighted by atomic mass is 32.2. The Morgan fingerprint density at radius 2 is 1.76 bits per heavy atom. The Morgan fingerprint density at radius 1 is 1.10 bits per heavy atom. The number of thioether (sulfide) groups is 1. The zero-order valence-electron chi connectivity index (χ0n) is 13.2. The average Bonchev–Trinajstić information content (AvgIpc) is 2.71. The smallest absolute Gasteiger partial charge is 0.0989 e. The van der Waals surface area contributed by atoms with Gasteiger partial charge in [0.1, 0.15) is 0 Å². The van der Waals surface area contributed by atoms with Gasteiger partial charge < -0.3 is 20.6 Å². The quantitative estimate of drug-likeness (QED) is 0.403. The van der Waals surface area contributed by atoms with Crippen LogP contribution in [0.1, 0.15) is 33.6 Å². The third kappa shape index (κ3) is 6.53. The van der Waals surface area contributed by atoms with E-state index in [9.17, 15) is 10.2 Å². The summed E-state index contributed by atoms with van der Waals surface area (Å²) >= 11 is 1.73. The molecule has 0 spiro atoms. The molecule has 1 aliphatic rings. The summed E-state index contributed by atoms with van der Waals surface area (Å²) in [4.78, 5) is 0. The average molecular weight is 315 g/mol. The first kappa shape index (κ1) is 18.7. The van der Waals surface area contributed by atoms with Crippen molar-refractivity contribution < 1.29 is 15.3 Å². The summed E-state index contributed by atoms with van der Waals surface area (Å²) in [5.74, 6) is 1.64. The van der Waals surface area contributed by atoms with Gasteiger partial charge in [-0.1, -0.05) is 23.3 Å². The number of rotatable bonds is 8. The van der Waals surface area contributed by atoms with E-state index in [1.165, 1.54) is 11.1 Å². The standard InChI is InChI=1S/C16H29NO3S/c1-11(2)5-4-6-12(3)7-8-21-10-14-16(20)15(19)13(9-18)17-14/h5,7,13-20H,4,6,8-10H2,1-3H3/b12-7-. The molecule has 0 bridgehead atoms. The molecule has 1 rings (SSSR count). The minimum atomic E-state index is -0.873. The molecule has 0 radical (unpaired) electrons. The lowest BCUT2D eigenvalue weighted by atomic mass is 10.1. The molecular weight excluding hydrogens is 286 g/mol. The molecule has 1 heterocycles. The zero-order chi connectivity index (χ0) is 15.8. The number of aliphatic hydroxyl groups excluding tert-OH is 3. The van der Waals surface area contributed by atoms with Crippen LogP contribution in [0.5, 0.6) is 0 Å². The lowest BCUT2D eigenvalue weighted by Crippen LogP contribution is -2.37. The second-order valence-electron chi connectivity index (χ2n) is 5.95. The molecule has 0 aromatic heterocycles. The first-order chi connectivity index (χ1) is 9.95. The fraction of sp³-hybridized carbons (Fsp3) is 0.750. The van der Waals surface area contributed by atoms with Gasteiger partial charge in [0.05, 0.1) is 24.9 Å². The summed E-state index contributed by atoms with van der Waals surface area (Å²) in [5.41, 5.74) is 2.74. The summed E-state index contributed by atoms with van der Waals surface area (Å²) in [6.45, 7) is 6.22. The van der Waals surface area contributed by atoms with Crippen LogP contribution in [0.4, 0.5) is 0 Å². The molecule has 4 atom stereocenters. The maximum atomic E-state index is 9.88. The fourth-order valence-corrected chi connectivity index (χ4v) is 3.43. The molecule has 1 fully saturated rings. The predicted molar refractivity (Wildman–Crippen MR) is 89.6 cm³/mol. The van der Waals surface area contributed by atoms with E-state index in [1.807, 2.05) is 0 Å². The zero-order valence-corrected chi connectivity index (χ0v) is 14.1. The van der Waals surface area contributed by atoms with E-state index < -0.39 is 18.2 Å². The van der Waals surface area contributed by atoms with Crippen molar-refractivity contribution in [1.29, 1.82) is 0 Å². The van der Waals surface area contributed by atoms with Crippen LogP contribution in [0, 0.1) is 0 Å². The van der Waals surface area contributed by atoms with E-state index in [-0.39, 0.29) is 12.6 Å². The van der Waals surface area contributed by atoms with Gasteiger partial charge in [-0.15, -0.1) is 0 Å². The van der Waals surface area contributed by atoms with Crippen LogP contribution in [-0.2, 0) is 0 Å². The van der Waals surface area contributed by atoms with Crippen LogP contribution in [0.3, 0.4) is 0 Å². The Morgan fingerprint density at radius 3 is 2.33 bits per heavy atom. The molecule has 0 aromatic carbocycles. The van der Waals surface area contributed by atoms with E-state index >= 15 is 0 Å². The van der Waals surface area contributed by atoms with Crippen LogP contribution in [0.15, 0.2) is 23.3 Å². The van der Waals surface area contributed by atoms with Crippen molar-refractivity contribution in [2.45, 2.75) is 57.9 Å². The van der Waals surface area contributed by atoms with Crippen molar-refractivity contribution in [3.05, 3.63) is 23.3 Å². The summed E-state index contributed by atoms with van der Waals surface area (Å²) in [6.07, 6.45) is 4.98. The molecule has 0 amide bonds. The Hall–Kier alpha value is -0.330. The van der Waals surface area contributed by atoms with E-state index in [0.29, 0.717) is 0 Å². The molecule has 1 saturated heterocycles. The van der Waals surface area contributed by atoms with Gasteiger partial charge in [-0.25, -0.2) is 0 Å². The van der Waals surface area contributed by atoms with E-state index in [0.717, 1.165) is 24.3 Å². The Kier molecular flexibility index (Phi) is 8.59. The molecule has 4 nitrogen and oxygen atoms in total. The highest BCUT2D eigenvalue weighted by Gasteiger charge is 2.40. The summed E-state index contributed by atoms with van der Waals surface area (Å²) in [7, 11) is 0. The number of allylic oxidation sites excluding steroid dienone is 3. The molecule has 1 aliphatic heterocycles. The Labute approximate surface area is 132 Å². The molecule has 0 aromatic rings. The van der Waals surface area contributed by atoms with E-state index in [4.69, 9.17) is 5.11 Å². The van der Waals surface area contributed by atoms with Crippen LogP contribution in [0.25, 0.3) is 0 Å². The monoisotopic (exact) mass is 315 g/mol. The third-order valence-corrected chi connectivity index (χ3v) is 4.73. The van der Waals surface area contributed by atoms with Gasteiger partial charge in [-0.2, -0.15) is 11.8 Å². The normalized spacial score (nSPS) is 29.7. The van der Waals surface area contributed by atoms with Crippen molar-refractivity contribution in [3.63, 3.8) is 0 Å². The predicted octanol–water partition coefficient (Wildman–Crippen LogP) is 1.47. The minimum absolute atomic E-state index is 0.150. The SMILES string of the molecule is CC(C)=CCC/C(C)=C\CSCC1NC(CO)C(O)C1O. The first-order valence-corrected chi connectivity index (χ1v) is 8.71. The molecule has 4 N–H and O–H groups in total. The third-order valence-electron chi connectivity index (χ3n) is 3.74. The minimum Gasteiger partial charge on any atom is -0.395 e. The van der Waals surface area contributed by atoms with Gasteiger partial charge in [0.15, 0.2) is 0 Å². The molecule has 5 heteroatoms. The molecule has 0 aliphatic carbocycles. The van der Waals surface area contributed by atoms with Gasteiger partial charge in [0, 0.05) is 17.5 Å². The van der Waals surface area contributed by atoms with Gasteiger partial charge in [-0.05, 0) is 33.6 Å². The summed E-state index contributed by atoms with van der Waals surface area (Å²) in [6, 6.07) is -0.562. The maximum absolute atomic E-state index is 9.88. The molecular formula is C16H29NO3S. The Bertz CT molecular complexity index is 367. The molecule has 0 saturated carbocycles. The van der Waals surface area contributed by atoms with Crippen molar-refractivity contribution in [2.24, 2.45) is 0 Å². The number of hydrogen-bond donors (Lipinski definition) is 4. The van der Waals surface area contributed by atoms with Crippen molar-refractivity contribution in [2.75, 3.05) is 18.1 Å². The molecule has 21 heavy (non-hydrogen) atoms. The highest BCUT2D eigenvalue weighted by Crippen LogP contribution is 2.18. The van der Waals surface area contributed by atoms with Crippen LogP contribution in [-0.4, -0.2) is 57.7 Å². The fourth-order valence-electron chi connectivity index (χ4n) is 2.34. The van der Waals surface area contributed by atoms with Gasteiger partial charge in [0.25, 0.3) is 0 Å². The van der Waals surface area contributed by atoms with E-state index in [2.05, 4.69) is 38.2 Å². The summed E-state index contributed by atoms with van der Waals surface area (Å²) < 4.78 is 0. The van der Waals surface area contributed by atoms with Crippen molar-refractivity contribution >= 4 is 11.8 Å². The van der Waals surface area contributed by atoms with Crippen LogP contribution < -0.4 is 5.32 Å². The molecule has 4 unspecified atom stereocenters. The lowest BCUT2D eigenvalue weighted by molar-refractivity contribution is 0.0219. The second-order valence-corrected chi connectivity index (χ2v) is 7.03.